The van der Waals surface area contributed by atoms with Crippen LogP contribution >= 0.6 is 0 Å². The van der Waals surface area contributed by atoms with Crippen LogP contribution in [0.15, 0.2) is 24.3 Å². The van der Waals surface area contributed by atoms with Crippen molar-refractivity contribution in [3.05, 3.63) is 35.6 Å². The summed E-state index contributed by atoms with van der Waals surface area (Å²) in [4.78, 5) is 12.2. The molecule has 1 aromatic carbocycles. The van der Waals surface area contributed by atoms with Gasteiger partial charge in [-0.25, -0.2) is 9.18 Å². The molecule has 2 saturated carbocycles. The summed E-state index contributed by atoms with van der Waals surface area (Å²) in [5, 5.41) is 0. The lowest BCUT2D eigenvalue weighted by Gasteiger charge is -2.37. The third-order valence-corrected chi connectivity index (χ3v) is 6.31. The topological polar surface area (TPSA) is 26.3 Å². The maximum absolute atomic E-state index is 13.2. The van der Waals surface area contributed by atoms with E-state index in [2.05, 4.69) is 6.92 Å². The Morgan fingerprint density at radius 2 is 1.68 bits per heavy atom. The predicted octanol–water partition coefficient (Wildman–Crippen LogP) is 6.15. The fourth-order valence-corrected chi connectivity index (χ4v) is 4.87. The van der Waals surface area contributed by atoms with E-state index in [-0.39, 0.29) is 12.1 Å². The summed E-state index contributed by atoms with van der Waals surface area (Å²) in [5.74, 6) is 1.88. The van der Waals surface area contributed by atoms with E-state index < -0.39 is 5.82 Å². The van der Waals surface area contributed by atoms with Gasteiger partial charge >= 0.3 is 5.97 Å². The van der Waals surface area contributed by atoms with Crippen LogP contribution in [0.1, 0.15) is 81.5 Å². The first kappa shape index (κ1) is 18.4. The maximum Gasteiger partial charge on any atom is 0.338 e. The van der Waals surface area contributed by atoms with Crippen molar-refractivity contribution in [3.63, 3.8) is 0 Å². The van der Waals surface area contributed by atoms with Crippen LogP contribution in [0.3, 0.4) is 0 Å². The molecule has 0 spiro atoms. The highest BCUT2D eigenvalue weighted by atomic mass is 19.1. The highest BCUT2D eigenvalue weighted by Crippen LogP contribution is 2.41. The van der Waals surface area contributed by atoms with Crippen LogP contribution in [0.25, 0.3) is 0 Å². The predicted molar refractivity (Wildman–Crippen MR) is 97.9 cm³/mol. The number of halogens is 1. The fraction of sp³-hybridized carbons (Fsp3) is 0.682. The largest absolute Gasteiger partial charge is 0.459 e. The lowest BCUT2D eigenvalue weighted by atomic mass is 9.70. The molecule has 2 fully saturated rings. The van der Waals surface area contributed by atoms with Gasteiger partial charge in [0.05, 0.1) is 5.56 Å². The standard InChI is InChI=1S/C22H31FO2/c1-2-4-16-7-9-17(10-8-16)18-11-13-21(14-12-18)25-22(24)19-5-3-6-20(23)15-19/h3,5-6,15-18,21H,2,4,7-14H2,1H3. The van der Waals surface area contributed by atoms with Gasteiger partial charge < -0.3 is 4.74 Å². The maximum atomic E-state index is 13.2. The molecule has 0 bridgehead atoms. The molecule has 2 aliphatic rings. The summed E-state index contributed by atoms with van der Waals surface area (Å²) in [6.07, 6.45) is 12.6. The van der Waals surface area contributed by atoms with Crippen LogP contribution in [0.5, 0.6) is 0 Å². The molecule has 3 rings (SSSR count). The first-order chi connectivity index (χ1) is 12.2. The summed E-state index contributed by atoms with van der Waals surface area (Å²) in [7, 11) is 0. The molecule has 3 heteroatoms. The van der Waals surface area contributed by atoms with Crippen LogP contribution in [-0.4, -0.2) is 12.1 Å². The zero-order chi connectivity index (χ0) is 17.6. The smallest absolute Gasteiger partial charge is 0.338 e. The molecule has 0 atom stereocenters. The molecule has 1 aromatic rings. The van der Waals surface area contributed by atoms with Crippen molar-refractivity contribution in [1.29, 1.82) is 0 Å². The van der Waals surface area contributed by atoms with Crippen molar-refractivity contribution in [2.75, 3.05) is 0 Å². The Morgan fingerprint density at radius 3 is 2.28 bits per heavy atom. The zero-order valence-corrected chi connectivity index (χ0v) is 15.4. The summed E-state index contributed by atoms with van der Waals surface area (Å²) in [5.41, 5.74) is 0.316. The van der Waals surface area contributed by atoms with Gasteiger partial charge in [0.1, 0.15) is 11.9 Å². The Balaban J connectivity index is 1.42. The van der Waals surface area contributed by atoms with Crippen molar-refractivity contribution in [1.82, 2.24) is 0 Å². The monoisotopic (exact) mass is 346 g/mol. The lowest BCUT2D eigenvalue weighted by molar-refractivity contribution is 0.0109. The number of rotatable bonds is 5. The Hall–Kier alpha value is -1.38. The van der Waals surface area contributed by atoms with Gasteiger partial charge in [0, 0.05) is 0 Å². The van der Waals surface area contributed by atoms with Crippen LogP contribution in [-0.2, 0) is 4.74 Å². The van der Waals surface area contributed by atoms with Gasteiger partial charge in [-0.3, -0.25) is 0 Å². The van der Waals surface area contributed by atoms with Crippen molar-refractivity contribution in [2.45, 2.75) is 77.2 Å². The Kier molecular flexibility index (Phi) is 6.50. The van der Waals surface area contributed by atoms with Crippen LogP contribution < -0.4 is 0 Å². The number of ether oxygens (including phenoxy) is 1. The molecule has 0 N–H and O–H groups in total. The SMILES string of the molecule is CCCC1CCC(C2CCC(OC(=O)c3cccc(F)c3)CC2)CC1. The number of benzene rings is 1. The molecule has 0 heterocycles. The van der Waals surface area contributed by atoms with E-state index in [0.717, 1.165) is 30.6 Å². The quantitative estimate of drug-likeness (QED) is 0.598. The highest BCUT2D eigenvalue weighted by molar-refractivity contribution is 5.89. The number of carbonyl (C=O) groups excluding carboxylic acids is 1. The van der Waals surface area contributed by atoms with Crippen molar-refractivity contribution >= 4 is 5.97 Å². The average Bonchev–Trinajstić information content (AvgIpc) is 2.63. The molecule has 0 aliphatic heterocycles. The van der Waals surface area contributed by atoms with E-state index in [1.807, 2.05) is 0 Å². The molecule has 2 aliphatic carbocycles. The van der Waals surface area contributed by atoms with Gasteiger partial charge in [-0.2, -0.15) is 0 Å². The van der Waals surface area contributed by atoms with E-state index in [1.54, 1.807) is 12.1 Å². The van der Waals surface area contributed by atoms with Crippen molar-refractivity contribution in [3.8, 4) is 0 Å². The van der Waals surface area contributed by atoms with Gasteiger partial charge in [0.2, 0.25) is 0 Å². The van der Waals surface area contributed by atoms with E-state index in [9.17, 15) is 9.18 Å². The molecular weight excluding hydrogens is 315 g/mol. The van der Waals surface area contributed by atoms with Gasteiger partial charge in [0.15, 0.2) is 0 Å². The summed E-state index contributed by atoms with van der Waals surface area (Å²) in [6, 6.07) is 5.77. The van der Waals surface area contributed by atoms with E-state index in [1.165, 1.54) is 63.5 Å². The Morgan fingerprint density at radius 1 is 1.04 bits per heavy atom. The van der Waals surface area contributed by atoms with Gasteiger partial charge in [0.25, 0.3) is 0 Å². The highest BCUT2D eigenvalue weighted by Gasteiger charge is 2.31. The van der Waals surface area contributed by atoms with Crippen LogP contribution in [0.4, 0.5) is 4.39 Å². The third-order valence-electron chi connectivity index (χ3n) is 6.31. The number of esters is 1. The van der Waals surface area contributed by atoms with Gasteiger partial charge in [-0.05, 0) is 74.5 Å². The molecule has 0 unspecified atom stereocenters. The second-order valence-electron chi connectivity index (χ2n) is 8.02. The second-order valence-corrected chi connectivity index (χ2v) is 8.02. The molecule has 0 radical (unpaired) electrons. The average molecular weight is 346 g/mol. The zero-order valence-electron chi connectivity index (χ0n) is 15.4. The Labute approximate surface area is 151 Å². The van der Waals surface area contributed by atoms with Gasteiger partial charge in [-0.15, -0.1) is 0 Å². The third kappa shape index (κ3) is 5.05. The van der Waals surface area contributed by atoms with Crippen molar-refractivity contribution in [2.24, 2.45) is 17.8 Å². The molecule has 0 saturated heterocycles. The van der Waals surface area contributed by atoms with Crippen LogP contribution in [0.2, 0.25) is 0 Å². The molecule has 138 valence electrons. The number of hydrogen-bond acceptors (Lipinski definition) is 2. The lowest BCUT2D eigenvalue weighted by Crippen LogP contribution is -2.29. The molecule has 25 heavy (non-hydrogen) atoms. The van der Waals surface area contributed by atoms with Crippen LogP contribution in [0, 0.1) is 23.6 Å². The molecule has 0 amide bonds. The minimum atomic E-state index is -0.392. The Bertz CT molecular complexity index is 555. The van der Waals surface area contributed by atoms with E-state index in [0.29, 0.717) is 5.56 Å². The minimum Gasteiger partial charge on any atom is -0.459 e. The minimum absolute atomic E-state index is 0.00319. The first-order valence-electron chi connectivity index (χ1n) is 10.1. The fourth-order valence-electron chi connectivity index (χ4n) is 4.87. The number of hydrogen-bond donors (Lipinski definition) is 0. The molecular formula is C22H31FO2. The summed E-state index contributed by atoms with van der Waals surface area (Å²) in [6.45, 7) is 2.29. The summed E-state index contributed by atoms with van der Waals surface area (Å²) >= 11 is 0. The first-order valence-corrected chi connectivity index (χ1v) is 10.1. The molecule has 0 aromatic heterocycles. The molecule has 2 nitrogen and oxygen atoms in total. The van der Waals surface area contributed by atoms with Gasteiger partial charge in [-0.1, -0.05) is 38.7 Å². The second kappa shape index (κ2) is 8.82. The summed E-state index contributed by atoms with van der Waals surface area (Å²) < 4.78 is 18.8. The van der Waals surface area contributed by atoms with Crippen molar-refractivity contribution < 1.29 is 13.9 Å². The normalized spacial score (nSPS) is 30.0. The number of carbonyl (C=O) groups is 1. The van der Waals surface area contributed by atoms with E-state index >= 15 is 0 Å². The van der Waals surface area contributed by atoms with E-state index in [4.69, 9.17) is 4.74 Å².